The van der Waals surface area contributed by atoms with Gasteiger partial charge in [0.15, 0.2) is 0 Å². The van der Waals surface area contributed by atoms with Crippen LogP contribution in [0.3, 0.4) is 0 Å². The van der Waals surface area contributed by atoms with Crippen molar-refractivity contribution in [2.24, 2.45) is 0 Å². The molecule has 1 amide bonds. The van der Waals surface area contributed by atoms with Gasteiger partial charge in [-0.05, 0) is 43.4 Å². The van der Waals surface area contributed by atoms with E-state index >= 15 is 0 Å². The first-order valence-electron chi connectivity index (χ1n) is 7.66. The minimum atomic E-state index is -0.288. The third kappa shape index (κ3) is 6.18. The van der Waals surface area contributed by atoms with Gasteiger partial charge in [0.05, 0.1) is 10.7 Å². The fourth-order valence-corrected chi connectivity index (χ4v) is 2.21. The van der Waals surface area contributed by atoms with E-state index in [1.54, 1.807) is 24.3 Å². The standard InChI is InChI=1S/C18H20ClFN2O2/c1-22(12-13-24-15-8-6-14(20)7-9-15)11-10-18(23)21-17-5-3-2-4-16(17)19/h2-9H,10-13H2,1H3,(H,21,23). The largest absolute Gasteiger partial charge is 0.492 e. The molecule has 0 radical (unpaired) electrons. The molecule has 0 fully saturated rings. The summed E-state index contributed by atoms with van der Waals surface area (Å²) in [6, 6.07) is 13.0. The van der Waals surface area contributed by atoms with Crippen molar-refractivity contribution in [1.82, 2.24) is 4.90 Å². The number of nitrogens with zero attached hydrogens (tertiary/aromatic N) is 1. The number of ether oxygens (including phenoxy) is 1. The Kier molecular flexibility index (Phi) is 7.03. The second kappa shape index (κ2) is 9.25. The third-order valence-electron chi connectivity index (χ3n) is 3.42. The lowest BCUT2D eigenvalue weighted by atomic mass is 10.3. The summed E-state index contributed by atoms with van der Waals surface area (Å²) >= 11 is 6.00. The number of hydrogen-bond donors (Lipinski definition) is 1. The van der Waals surface area contributed by atoms with E-state index in [2.05, 4.69) is 5.32 Å². The fraction of sp³-hybridized carbons (Fsp3) is 0.278. The van der Waals surface area contributed by atoms with Crippen LogP contribution in [0.15, 0.2) is 48.5 Å². The minimum absolute atomic E-state index is 0.0885. The summed E-state index contributed by atoms with van der Waals surface area (Å²) < 4.78 is 18.3. The maximum Gasteiger partial charge on any atom is 0.225 e. The minimum Gasteiger partial charge on any atom is -0.492 e. The van der Waals surface area contributed by atoms with Gasteiger partial charge in [-0.3, -0.25) is 4.79 Å². The molecule has 6 heteroatoms. The first kappa shape index (κ1) is 18.2. The lowest BCUT2D eigenvalue weighted by Crippen LogP contribution is -2.28. The molecule has 1 N–H and O–H groups in total. The molecule has 0 saturated carbocycles. The van der Waals surface area contributed by atoms with Crippen LogP contribution in [0.2, 0.25) is 5.02 Å². The van der Waals surface area contributed by atoms with E-state index in [1.165, 1.54) is 12.1 Å². The van der Waals surface area contributed by atoms with Crippen molar-refractivity contribution in [2.75, 3.05) is 32.1 Å². The predicted molar refractivity (Wildman–Crippen MR) is 94.1 cm³/mol. The lowest BCUT2D eigenvalue weighted by molar-refractivity contribution is -0.116. The Labute approximate surface area is 146 Å². The van der Waals surface area contributed by atoms with E-state index in [4.69, 9.17) is 16.3 Å². The molecule has 2 rings (SSSR count). The Morgan fingerprint density at radius 2 is 1.88 bits per heavy atom. The molecule has 0 aliphatic rings. The number of amides is 1. The van der Waals surface area contributed by atoms with Crippen molar-refractivity contribution >= 4 is 23.2 Å². The maximum atomic E-state index is 12.8. The lowest BCUT2D eigenvalue weighted by Gasteiger charge is -2.17. The summed E-state index contributed by atoms with van der Waals surface area (Å²) in [7, 11) is 1.91. The molecule has 0 aliphatic heterocycles. The van der Waals surface area contributed by atoms with Gasteiger partial charge in [0, 0.05) is 19.5 Å². The van der Waals surface area contributed by atoms with E-state index in [0.29, 0.717) is 42.6 Å². The summed E-state index contributed by atoms with van der Waals surface area (Å²) in [6.45, 7) is 1.73. The normalized spacial score (nSPS) is 10.7. The SMILES string of the molecule is CN(CCOc1ccc(F)cc1)CCC(=O)Nc1ccccc1Cl. The highest BCUT2D eigenvalue weighted by molar-refractivity contribution is 6.33. The first-order chi connectivity index (χ1) is 11.5. The molecular formula is C18H20ClFN2O2. The van der Waals surface area contributed by atoms with Crippen LogP contribution >= 0.6 is 11.6 Å². The number of benzene rings is 2. The molecule has 2 aromatic carbocycles. The zero-order valence-corrected chi connectivity index (χ0v) is 14.2. The number of likely N-dealkylation sites (N-methyl/N-ethyl adjacent to an activating group) is 1. The monoisotopic (exact) mass is 350 g/mol. The van der Waals surface area contributed by atoms with Crippen LogP contribution in [0.1, 0.15) is 6.42 Å². The Morgan fingerprint density at radius 1 is 1.17 bits per heavy atom. The van der Waals surface area contributed by atoms with Crippen LogP contribution in [-0.2, 0) is 4.79 Å². The second-order valence-corrected chi connectivity index (χ2v) is 5.79. The number of para-hydroxylation sites is 1. The summed E-state index contributed by atoms with van der Waals surface area (Å²) in [6.07, 6.45) is 0.359. The Bertz CT molecular complexity index is 664. The van der Waals surface area contributed by atoms with E-state index in [0.717, 1.165) is 0 Å². The van der Waals surface area contributed by atoms with E-state index in [1.807, 2.05) is 24.1 Å². The van der Waals surface area contributed by atoms with Gasteiger partial charge in [-0.25, -0.2) is 4.39 Å². The molecule has 0 saturated heterocycles. The van der Waals surface area contributed by atoms with Gasteiger partial charge < -0.3 is 15.0 Å². The van der Waals surface area contributed by atoms with Crippen LogP contribution in [0.4, 0.5) is 10.1 Å². The van der Waals surface area contributed by atoms with Crippen molar-refractivity contribution in [3.8, 4) is 5.75 Å². The van der Waals surface area contributed by atoms with Gasteiger partial charge in [0.2, 0.25) is 5.91 Å². The molecule has 0 heterocycles. The van der Waals surface area contributed by atoms with Crippen molar-refractivity contribution in [2.45, 2.75) is 6.42 Å². The highest BCUT2D eigenvalue weighted by Crippen LogP contribution is 2.20. The Hall–Kier alpha value is -2.11. The number of hydrogen-bond acceptors (Lipinski definition) is 3. The molecule has 24 heavy (non-hydrogen) atoms. The first-order valence-corrected chi connectivity index (χ1v) is 8.03. The number of anilines is 1. The summed E-state index contributed by atoms with van der Waals surface area (Å²) in [5.41, 5.74) is 0.617. The van der Waals surface area contributed by atoms with Crippen molar-refractivity contribution in [3.05, 3.63) is 59.4 Å². The van der Waals surface area contributed by atoms with E-state index < -0.39 is 0 Å². The molecule has 0 unspecified atom stereocenters. The molecule has 0 bridgehead atoms. The highest BCUT2D eigenvalue weighted by Gasteiger charge is 2.07. The molecule has 4 nitrogen and oxygen atoms in total. The Balaban J connectivity index is 1.65. The zero-order valence-electron chi connectivity index (χ0n) is 13.5. The van der Waals surface area contributed by atoms with Crippen LogP contribution in [0.5, 0.6) is 5.75 Å². The van der Waals surface area contributed by atoms with Crippen LogP contribution in [0.25, 0.3) is 0 Å². The van der Waals surface area contributed by atoms with Gasteiger partial charge in [-0.2, -0.15) is 0 Å². The van der Waals surface area contributed by atoms with E-state index in [9.17, 15) is 9.18 Å². The molecule has 2 aromatic rings. The predicted octanol–water partition coefficient (Wildman–Crippen LogP) is 3.82. The molecule has 128 valence electrons. The molecular weight excluding hydrogens is 331 g/mol. The average molecular weight is 351 g/mol. The number of carbonyl (C=O) groups is 1. The summed E-state index contributed by atoms with van der Waals surface area (Å²) in [5, 5.41) is 3.31. The second-order valence-electron chi connectivity index (χ2n) is 5.38. The van der Waals surface area contributed by atoms with Gasteiger partial charge >= 0.3 is 0 Å². The van der Waals surface area contributed by atoms with Crippen molar-refractivity contribution in [3.63, 3.8) is 0 Å². The number of rotatable bonds is 8. The topological polar surface area (TPSA) is 41.6 Å². The maximum absolute atomic E-state index is 12.8. The van der Waals surface area contributed by atoms with Crippen molar-refractivity contribution < 1.29 is 13.9 Å². The molecule has 0 spiro atoms. The number of nitrogens with one attached hydrogen (secondary N) is 1. The summed E-state index contributed by atoms with van der Waals surface area (Å²) in [4.78, 5) is 13.9. The molecule has 0 atom stereocenters. The highest BCUT2D eigenvalue weighted by atomic mass is 35.5. The van der Waals surface area contributed by atoms with Gasteiger partial charge in [-0.15, -0.1) is 0 Å². The average Bonchev–Trinajstić information content (AvgIpc) is 2.57. The zero-order chi connectivity index (χ0) is 17.4. The van der Waals surface area contributed by atoms with Gasteiger partial charge in [0.1, 0.15) is 18.2 Å². The fourth-order valence-electron chi connectivity index (χ4n) is 2.03. The smallest absolute Gasteiger partial charge is 0.225 e. The number of carbonyl (C=O) groups excluding carboxylic acids is 1. The summed E-state index contributed by atoms with van der Waals surface area (Å²) in [5.74, 6) is 0.250. The Morgan fingerprint density at radius 3 is 2.58 bits per heavy atom. The van der Waals surface area contributed by atoms with E-state index in [-0.39, 0.29) is 11.7 Å². The molecule has 0 aliphatic carbocycles. The van der Waals surface area contributed by atoms with Crippen LogP contribution in [-0.4, -0.2) is 37.6 Å². The van der Waals surface area contributed by atoms with Crippen molar-refractivity contribution in [1.29, 1.82) is 0 Å². The third-order valence-corrected chi connectivity index (χ3v) is 3.75. The van der Waals surface area contributed by atoms with Crippen LogP contribution in [0, 0.1) is 5.82 Å². The molecule has 0 aromatic heterocycles. The van der Waals surface area contributed by atoms with Gasteiger partial charge in [0.25, 0.3) is 0 Å². The quantitative estimate of drug-likeness (QED) is 0.787. The van der Waals surface area contributed by atoms with Crippen LogP contribution < -0.4 is 10.1 Å². The van der Waals surface area contributed by atoms with Gasteiger partial charge in [-0.1, -0.05) is 23.7 Å². The number of halogens is 2.